The SMILES string of the molecule is CC(C)c1nc2c(c(C(C)C)n1)CN(C(C)S)CC2. The van der Waals surface area contributed by atoms with E-state index in [9.17, 15) is 0 Å². The van der Waals surface area contributed by atoms with Crippen molar-refractivity contribution in [1.29, 1.82) is 0 Å². The maximum Gasteiger partial charge on any atom is 0.131 e. The first kappa shape index (κ1) is 14.8. The first-order valence-corrected chi connectivity index (χ1v) is 7.73. The van der Waals surface area contributed by atoms with Gasteiger partial charge in [-0.05, 0) is 12.8 Å². The fraction of sp³-hybridized carbons (Fsp3) is 0.733. The summed E-state index contributed by atoms with van der Waals surface area (Å²) in [7, 11) is 0. The highest BCUT2D eigenvalue weighted by molar-refractivity contribution is 7.80. The highest BCUT2D eigenvalue weighted by Crippen LogP contribution is 2.28. The van der Waals surface area contributed by atoms with Crippen LogP contribution in [-0.4, -0.2) is 26.8 Å². The molecule has 2 rings (SSSR count). The monoisotopic (exact) mass is 279 g/mol. The van der Waals surface area contributed by atoms with Crippen LogP contribution in [0.5, 0.6) is 0 Å². The lowest BCUT2D eigenvalue weighted by Gasteiger charge is -2.32. The van der Waals surface area contributed by atoms with Gasteiger partial charge in [0.15, 0.2) is 0 Å². The van der Waals surface area contributed by atoms with E-state index in [4.69, 9.17) is 9.97 Å². The Kier molecular flexibility index (Phi) is 4.51. The Balaban J connectivity index is 2.44. The van der Waals surface area contributed by atoms with Crippen molar-refractivity contribution in [2.24, 2.45) is 0 Å². The molecule has 1 aromatic rings. The van der Waals surface area contributed by atoms with E-state index in [1.807, 2.05) is 0 Å². The van der Waals surface area contributed by atoms with Gasteiger partial charge in [-0.3, -0.25) is 4.90 Å². The molecule has 1 aliphatic rings. The van der Waals surface area contributed by atoms with E-state index in [1.165, 1.54) is 17.0 Å². The minimum Gasteiger partial charge on any atom is -0.287 e. The molecular weight excluding hydrogens is 254 g/mol. The van der Waals surface area contributed by atoms with Gasteiger partial charge < -0.3 is 0 Å². The molecule has 0 saturated heterocycles. The second kappa shape index (κ2) is 5.80. The Hall–Kier alpha value is -0.610. The molecule has 0 spiro atoms. The van der Waals surface area contributed by atoms with Crippen molar-refractivity contribution in [3.8, 4) is 0 Å². The summed E-state index contributed by atoms with van der Waals surface area (Å²) in [4.78, 5) is 12.0. The summed E-state index contributed by atoms with van der Waals surface area (Å²) in [6.07, 6.45) is 1.02. The molecular formula is C15H25N3S. The van der Waals surface area contributed by atoms with Crippen molar-refractivity contribution in [2.75, 3.05) is 6.54 Å². The Morgan fingerprint density at radius 2 is 1.74 bits per heavy atom. The molecule has 3 nitrogen and oxygen atoms in total. The third-order valence-electron chi connectivity index (χ3n) is 3.73. The summed E-state index contributed by atoms with van der Waals surface area (Å²) in [5, 5.41) is 0.290. The third-order valence-corrected chi connectivity index (χ3v) is 4.06. The van der Waals surface area contributed by atoms with E-state index in [0.29, 0.717) is 11.8 Å². The van der Waals surface area contributed by atoms with Gasteiger partial charge in [0, 0.05) is 31.0 Å². The van der Waals surface area contributed by atoms with Gasteiger partial charge >= 0.3 is 0 Å². The molecule has 1 unspecified atom stereocenters. The number of thiol groups is 1. The van der Waals surface area contributed by atoms with Crippen LogP contribution in [0.1, 0.15) is 69.2 Å². The number of hydrogen-bond acceptors (Lipinski definition) is 4. The maximum atomic E-state index is 4.82. The zero-order chi connectivity index (χ0) is 14.2. The normalized spacial score (nSPS) is 17.9. The molecule has 4 heteroatoms. The van der Waals surface area contributed by atoms with Crippen LogP contribution in [-0.2, 0) is 13.0 Å². The molecule has 1 atom stereocenters. The Morgan fingerprint density at radius 3 is 2.26 bits per heavy atom. The minimum absolute atomic E-state index is 0.290. The second-order valence-electron chi connectivity index (χ2n) is 6.05. The predicted octanol–water partition coefficient (Wildman–Crippen LogP) is 3.36. The van der Waals surface area contributed by atoms with Crippen LogP contribution in [0.2, 0.25) is 0 Å². The molecule has 0 aromatic carbocycles. The number of aromatic nitrogens is 2. The van der Waals surface area contributed by atoms with Crippen LogP contribution in [0.4, 0.5) is 0 Å². The lowest BCUT2D eigenvalue weighted by Crippen LogP contribution is -2.36. The van der Waals surface area contributed by atoms with Crippen molar-refractivity contribution in [3.63, 3.8) is 0 Å². The van der Waals surface area contributed by atoms with Crippen molar-refractivity contribution >= 4 is 12.6 Å². The van der Waals surface area contributed by atoms with Crippen LogP contribution >= 0.6 is 12.6 Å². The first-order chi connectivity index (χ1) is 8.90. The van der Waals surface area contributed by atoms with Crippen LogP contribution < -0.4 is 0 Å². The Morgan fingerprint density at radius 1 is 1.05 bits per heavy atom. The number of rotatable bonds is 3. The summed E-state index contributed by atoms with van der Waals surface area (Å²) in [6.45, 7) is 12.9. The zero-order valence-corrected chi connectivity index (χ0v) is 13.5. The van der Waals surface area contributed by atoms with Crippen molar-refractivity contribution in [3.05, 3.63) is 22.8 Å². The van der Waals surface area contributed by atoms with Crippen LogP contribution in [0.25, 0.3) is 0 Å². The Labute approximate surface area is 122 Å². The van der Waals surface area contributed by atoms with E-state index in [-0.39, 0.29) is 5.37 Å². The average molecular weight is 279 g/mol. The van der Waals surface area contributed by atoms with Crippen LogP contribution in [0, 0.1) is 0 Å². The highest BCUT2D eigenvalue weighted by Gasteiger charge is 2.25. The van der Waals surface area contributed by atoms with Gasteiger partial charge in [0.2, 0.25) is 0 Å². The standard InChI is InChI=1S/C15H25N3S/c1-9(2)14-12-8-18(11(5)19)7-6-13(12)16-15(17-14)10(3)4/h9-11,19H,6-8H2,1-5H3. The molecule has 2 heterocycles. The minimum atomic E-state index is 0.290. The summed E-state index contributed by atoms with van der Waals surface area (Å²) in [5.74, 6) is 1.84. The zero-order valence-electron chi connectivity index (χ0n) is 12.6. The van der Waals surface area contributed by atoms with E-state index in [2.05, 4.69) is 52.1 Å². The van der Waals surface area contributed by atoms with E-state index >= 15 is 0 Å². The number of nitrogens with zero attached hydrogens (tertiary/aromatic N) is 3. The topological polar surface area (TPSA) is 29.0 Å². The summed E-state index contributed by atoms with van der Waals surface area (Å²) >= 11 is 4.56. The molecule has 1 aromatic heterocycles. The van der Waals surface area contributed by atoms with Gasteiger partial charge in [0.25, 0.3) is 0 Å². The highest BCUT2D eigenvalue weighted by atomic mass is 32.1. The molecule has 0 amide bonds. The van der Waals surface area contributed by atoms with E-state index in [0.717, 1.165) is 25.3 Å². The Bertz CT molecular complexity index is 455. The third kappa shape index (κ3) is 3.11. The fourth-order valence-electron chi connectivity index (χ4n) is 2.53. The van der Waals surface area contributed by atoms with Crippen LogP contribution in [0.3, 0.4) is 0 Å². The van der Waals surface area contributed by atoms with Gasteiger partial charge in [0.1, 0.15) is 5.82 Å². The largest absolute Gasteiger partial charge is 0.287 e. The first-order valence-electron chi connectivity index (χ1n) is 7.21. The van der Waals surface area contributed by atoms with Crippen molar-refractivity contribution in [2.45, 2.75) is 64.8 Å². The molecule has 0 fully saturated rings. The molecule has 0 aliphatic carbocycles. The molecule has 106 valence electrons. The second-order valence-corrected chi connectivity index (χ2v) is 6.80. The number of hydrogen-bond donors (Lipinski definition) is 1. The summed E-state index contributed by atoms with van der Waals surface area (Å²) in [6, 6.07) is 0. The maximum absolute atomic E-state index is 4.82. The smallest absolute Gasteiger partial charge is 0.131 e. The van der Waals surface area contributed by atoms with Crippen molar-refractivity contribution in [1.82, 2.24) is 14.9 Å². The van der Waals surface area contributed by atoms with Gasteiger partial charge in [0.05, 0.1) is 16.8 Å². The summed E-state index contributed by atoms with van der Waals surface area (Å²) < 4.78 is 0. The quantitative estimate of drug-likeness (QED) is 0.860. The molecule has 19 heavy (non-hydrogen) atoms. The average Bonchev–Trinajstić information content (AvgIpc) is 2.36. The number of fused-ring (bicyclic) bond motifs is 1. The molecule has 0 radical (unpaired) electrons. The fourth-order valence-corrected chi connectivity index (χ4v) is 2.73. The van der Waals surface area contributed by atoms with E-state index in [1.54, 1.807) is 0 Å². The van der Waals surface area contributed by atoms with Gasteiger partial charge in [-0.25, -0.2) is 9.97 Å². The lowest BCUT2D eigenvalue weighted by molar-refractivity contribution is 0.243. The van der Waals surface area contributed by atoms with Gasteiger partial charge in [-0.15, -0.1) is 0 Å². The molecule has 1 aliphatic heterocycles. The molecule has 0 N–H and O–H groups in total. The van der Waals surface area contributed by atoms with Crippen molar-refractivity contribution < 1.29 is 0 Å². The summed E-state index contributed by atoms with van der Waals surface area (Å²) in [5.41, 5.74) is 3.83. The van der Waals surface area contributed by atoms with Gasteiger partial charge in [-0.1, -0.05) is 27.7 Å². The molecule has 0 bridgehead atoms. The molecule has 0 saturated carbocycles. The lowest BCUT2D eigenvalue weighted by atomic mass is 9.97. The van der Waals surface area contributed by atoms with E-state index < -0.39 is 0 Å². The van der Waals surface area contributed by atoms with Crippen LogP contribution in [0.15, 0.2) is 0 Å². The predicted molar refractivity (Wildman–Crippen MR) is 82.8 cm³/mol. The van der Waals surface area contributed by atoms with Gasteiger partial charge in [-0.2, -0.15) is 12.6 Å².